The quantitative estimate of drug-likeness (QED) is 0.319. The highest BCUT2D eigenvalue weighted by atomic mass is 28.4. The molecule has 2 aromatic rings. The van der Waals surface area contributed by atoms with Crippen molar-refractivity contribution >= 4 is 24.7 Å². The molecule has 0 saturated carbocycles. The van der Waals surface area contributed by atoms with Crippen LogP contribution in [0.25, 0.3) is 0 Å². The summed E-state index contributed by atoms with van der Waals surface area (Å²) in [4.78, 5) is 12.1. The Balaban J connectivity index is 2.46. The first-order chi connectivity index (χ1) is 14.3. The summed E-state index contributed by atoms with van der Waals surface area (Å²) in [5.41, 5.74) is 0.648. The third-order valence-corrected chi connectivity index (χ3v) is 10.5. The Morgan fingerprint density at radius 2 is 1.47 bits per heavy atom. The molecule has 0 spiro atoms. The van der Waals surface area contributed by atoms with Gasteiger partial charge in [0.05, 0.1) is 6.61 Å². The van der Waals surface area contributed by atoms with Crippen LogP contribution < -0.4 is 10.4 Å². The van der Waals surface area contributed by atoms with E-state index in [0.29, 0.717) is 18.8 Å². The summed E-state index contributed by atoms with van der Waals surface area (Å²) in [6.45, 7) is 13.6. The molecule has 0 fully saturated rings. The molecule has 0 heterocycles. The Hall–Kier alpha value is -2.17. The molecule has 0 aliphatic carbocycles. The van der Waals surface area contributed by atoms with Gasteiger partial charge in [-0.2, -0.15) is 0 Å². The van der Waals surface area contributed by atoms with Crippen molar-refractivity contribution in [3.05, 3.63) is 72.3 Å². The molecule has 0 saturated heterocycles. The first-order valence-corrected chi connectivity index (χ1v) is 12.8. The maximum absolute atomic E-state index is 12.1. The molecule has 3 nitrogen and oxygen atoms in total. The Morgan fingerprint density at radius 1 is 0.967 bits per heavy atom. The van der Waals surface area contributed by atoms with Gasteiger partial charge in [0, 0.05) is 12.2 Å². The van der Waals surface area contributed by atoms with Crippen LogP contribution in [-0.4, -0.2) is 27.5 Å². The van der Waals surface area contributed by atoms with Crippen LogP contribution >= 0.6 is 0 Å². The molecule has 0 N–H and O–H groups in total. The Morgan fingerprint density at radius 3 is 1.87 bits per heavy atom. The number of hydrogen-bond acceptors (Lipinski definition) is 3. The number of esters is 1. The molecule has 0 amide bonds. The second kappa shape index (κ2) is 10.7. The number of ether oxygens (including phenoxy) is 1. The summed E-state index contributed by atoms with van der Waals surface area (Å²) in [5.74, 6) is -0.0996. The second-order valence-electron chi connectivity index (χ2n) is 8.71. The molecule has 162 valence electrons. The van der Waals surface area contributed by atoms with Crippen molar-refractivity contribution in [2.24, 2.45) is 5.92 Å². The van der Waals surface area contributed by atoms with Gasteiger partial charge < -0.3 is 9.16 Å². The molecule has 4 heteroatoms. The van der Waals surface area contributed by atoms with Gasteiger partial charge in [-0.05, 0) is 41.6 Å². The largest absolute Gasteiger partial charge is 0.463 e. The summed E-state index contributed by atoms with van der Waals surface area (Å²) in [6.07, 6.45) is 2.91. The zero-order chi connectivity index (χ0) is 22.2. The maximum Gasteiger partial charge on any atom is 0.333 e. The molecule has 2 rings (SSSR count). The lowest BCUT2D eigenvalue weighted by molar-refractivity contribution is -0.138. The van der Waals surface area contributed by atoms with Gasteiger partial charge in [0.2, 0.25) is 0 Å². The Kier molecular flexibility index (Phi) is 8.62. The molecule has 30 heavy (non-hydrogen) atoms. The van der Waals surface area contributed by atoms with Crippen molar-refractivity contribution in [2.45, 2.75) is 53.0 Å². The van der Waals surface area contributed by atoms with E-state index in [1.807, 2.05) is 19.9 Å². The smallest absolute Gasteiger partial charge is 0.333 e. The van der Waals surface area contributed by atoms with Crippen molar-refractivity contribution in [3.8, 4) is 0 Å². The highest BCUT2D eigenvalue weighted by Gasteiger charge is 2.50. The molecule has 2 aromatic carbocycles. The van der Waals surface area contributed by atoms with Gasteiger partial charge in [0.15, 0.2) is 0 Å². The van der Waals surface area contributed by atoms with Gasteiger partial charge in [0.25, 0.3) is 8.32 Å². The predicted molar refractivity (Wildman–Crippen MR) is 128 cm³/mol. The Bertz CT molecular complexity index is 783. The molecule has 1 atom stereocenters. The Labute approximate surface area is 183 Å². The van der Waals surface area contributed by atoms with Gasteiger partial charge >= 0.3 is 5.97 Å². The third kappa shape index (κ3) is 5.49. The molecule has 0 aliphatic rings. The van der Waals surface area contributed by atoms with Crippen LogP contribution in [0.1, 0.15) is 48.0 Å². The molecule has 0 radical (unpaired) electrons. The lowest BCUT2D eigenvalue weighted by Gasteiger charge is -2.43. The van der Waals surface area contributed by atoms with E-state index in [9.17, 15) is 4.79 Å². The lowest BCUT2D eigenvalue weighted by Crippen LogP contribution is -2.66. The molecule has 0 aliphatic heterocycles. The number of benzene rings is 2. The van der Waals surface area contributed by atoms with E-state index < -0.39 is 8.32 Å². The zero-order valence-corrected chi connectivity index (χ0v) is 20.3. The van der Waals surface area contributed by atoms with Crippen LogP contribution in [0.2, 0.25) is 5.04 Å². The fraction of sp³-hybridized carbons (Fsp3) is 0.423. The summed E-state index contributed by atoms with van der Waals surface area (Å²) < 4.78 is 12.2. The van der Waals surface area contributed by atoms with E-state index >= 15 is 0 Å². The van der Waals surface area contributed by atoms with E-state index in [2.05, 4.69) is 88.4 Å². The van der Waals surface area contributed by atoms with E-state index in [1.54, 1.807) is 0 Å². The van der Waals surface area contributed by atoms with Crippen LogP contribution in [0.4, 0.5) is 0 Å². The number of rotatable bonds is 9. The normalized spacial score (nSPS) is 13.7. The van der Waals surface area contributed by atoms with Gasteiger partial charge in [-0.3, -0.25) is 0 Å². The summed E-state index contributed by atoms with van der Waals surface area (Å²) >= 11 is 0. The molecular formula is C26H36O3Si. The minimum atomic E-state index is -2.57. The molecule has 0 aromatic heterocycles. The van der Waals surface area contributed by atoms with Gasteiger partial charge in [0.1, 0.15) is 0 Å². The highest BCUT2D eigenvalue weighted by molar-refractivity contribution is 6.99. The fourth-order valence-electron chi connectivity index (χ4n) is 3.94. The van der Waals surface area contributed by atoms with Crippen LogP contribution in [0.5, 0.6) is 0 Å². The van der Waals surface area contributed by atoms with Crippen LogP contribution in [0, 0.1) is 5.92 Å². The van der Waals surface area contributed by atoms with Crippen molar-refractivity contribution in [1.29, 1.82) is 0 Å². The minimum absolute atomic E-state index is 0.0616. The number of carbonyl (C=O) groups excluding carboxylic acids is 1. The first-order valence-electron chi connectivity index (χ1n) is 10.9. The van der Waals surface area contributed by atoms with Crippen molar-refractivity contribution in [2.75, 3.05) is 13.2 Å². The fourth-order valence-corrected chi connectivity index (χ4v) is 8.56. The molecule has 0 bridgehead atoms. The van der Waals surface area contributed by atoms with Crippen LogP contribution in [-0.2, 0) is 14.0 Å². The summed E-state index contributed by atoms with van der Waals surface area (Å²) in [5, 5.41) is 2.47. The minimum Gasteiger partial charge on any atom is -0.463 e. The predicted octanol–water partition coefficient (Wildman–Crippen LogP) is 5.10. The van der Waals surface area contributed by atoms with Crippen LogP contribution in [0.15, 0.2) is 72.3 Å². The maximum atomic E-state index is 12.1. The number of hydrogen-bond donors (Lipinski definition) is 0. The van der Waals surface area contributed by atoms with E-state index in [1.165, 1.54) is 10.4 Å². The summed E-state index contributed by atoms with van der Waals surface area (Å²) in [6, 6.07) is 21.3. The SMILES string of the molecule is CCOC(=O)/C(C)=C/[C@@H](CC)CO[Si](c1ccccc1)(c1ccccc1)C(C)(C)C. The van der Waals surface area contributed by atoms with Gasteiger partial charge in [-0.25, -0.2) is 4.79 Å². The van der Waals surface area contributed by atoms with Gasteiger partial charge in [-0.15, -0.1) is 0 Å². The van der Waals surface area contributed by atoms with Gasteiger partial charge in [-0.1, -0.05) is 94.4 Å². The summed E-state index contributed by atoms with van der Waals surface area (Å²) in [7, 11) is -2.57. The van der Waals surface area contributed by atoms with Crippen LogP contribution in [0.3, 0.4) is 0 Å². The van der Waals surface area contributed by atoms with Crippen molar-refractivity contribution < 1.29 is 14.0 Å². The zero-order valence-electron chi connectivity index (χ0n) is 19.3. The van der Waals surface area contributed by atoms with Crippen molar-refractivity contribution in [1.82, 2.24) is 0 Å². The second-order valence-corrected chi connectivity index (χ2v) is 13.0. The highest BCUT2D eigenvalue weighted by Crippen LogP contribution is 2.37. The molecule has 0 unspecified atom stereocenters. The average molecular weight is 425 g/mol. The molecular weight excluding hydrogens is 388 g/mol. The van der Waals surface area contributed by atoms with Crippen molar-refractivity contribution in [3.63, 3.8) is 0 Å². The van der Waals surface area contributed by atoms with E-state index in [4.69, 9.17) is 9.16 Å². The topological polar surface area (TPSA) is 35.5 Å². The number of carbonyl (C=O) groups is 1. The monoisotopic (exact) mass is 424 g/mol. The first kappa shape index (κ1) is 24.1. The third-order valence-electron chi connectivity index (χ3n) is 5.54. The van der Waals surface area contributed by atoms with E-state index in [-0.39, 0.29) is 16.9 Å². The average Bonchev–Trinajstić information content (AvgIpc) is 2.73. The van der Waals surface area contributed by atoms with E-state index in [0.717, 1.165) is 6.42 Å². The standard InChI is InChI=1S/C26H36O3Si/c1-7-22(19-21(3)25(27)28-8-2)20-29-30(26(4,5)6,23-15-11-9-12-16-23)24-17-13-10-14-18-24/h9-19,22H,7-8,20H2,1-6H3/b21-19+/t22-/m1/s1. The lowest BCUT2D eigenvalue weighted by atomic mass is 10.0.